The van der Waals surface area contributed by atoms with Crippen LogP contribution in [0.3, 0.4) is 0 Å². The van der Waals surface area contributed by atoms with Crippen LogP contribution >= 0.6 is 0 Å². The molecular weight excluding hydrogens is 641 g/mol. The lowest BCUT2D eigenvalue weighted by molar-refractivity contribution is -0.118. The van der Waals surface area contributed by atoms with E-state index in [1.54, 1.807) is 62.7 Å². The molecule has 5 aromatic rings. The standard InChI is InChI=1S/C37H38FN7O5/c1-37(2,3)50-36(48)42-32(24-7-13-27(38)14-8-24)33(46)39-28-15-9-23(10-16-28)26-12-18-31-41-35(43-45(31)22-26)40-29-17-11-25(21-30(29)49-4)34(47)44-19-5-6-20-44/h7-18,21-22,32H,5-6,19-20H2,1-4H3,(H,39,46)(H,40,43)(H,42,48). The van der Waals surface area contributed by atoms with Crippen LogP contribution in [-0.4, -0.2) is 63.2 Å². The molecule has 1 saturated heterocycles. The number of ether oxygens (including phenoxy) is 2. The predicted octanol–water partition coefficient (Wildman–Crippen LogP) is 6.73. The van der Waals surface area contributed by atoms with E-state index in [1.807, 2.05) is 35.4 Å². The van der Waals surface area contributed by atoms with Gasteiger partial charge < -0.3 is 30.3 Å². The Kier molecular flexibility index (Phi) is 9.66. The van der Waals surface area contributed by atoms with E-state index < -0.39 is 29.5 Å². The van der Waals surface area contributed by atoms with Crippen molar-refractivity contribution in [3.05, 3.63) is 102 Å². The van der Waals surface area contributed by atoms with E-state index >= 15 is 0 Å². The number of carbonyl (C=O) groups excluding carboxylic acids is 3. The summed E-state index contributed by atoms with van der Waals surface area (Å²) in [6.07, 6.45) is 3.10. The minimum atomic E-state index is -1.13. The van der Waals surface area contributed by atoms with Gasteiger partial charge in [-0.25, -0.2) is 13.7 Å². The van der Waals surface area contributed by atoms with E-state index in [-0.39, 0.29) is 5.91 Å². The van der Waals surface area contributed by atoms with Crippen LogP contribution in [0.2, 0.25) is 0 Å². The van der Waals surface area contributed by atoms with Gasteiger partial charge in [0.05, 0.1) is 12.8 Å². The maximum Gasteiger partial charge on any atom is 0.408 e. The third-order valence-electron chi connectivity index (χ3n) is 8.03. The Morgan fingerprint density at radius 2 is 1.60 bits per heavy atom. The number of methoxy groups -OCH3 is 1. The summed E-state index contributed by atoms with van der Waals surface area (Å²) >= 11 is 0. The van der Waals surface area contributed by atoms with Gasteiger partial charge in [-0.05, 0) is 99.3 Å². The van der Waals surface area contributed by atoms with Gasteiger partial charge >= 0.3 is 6.09 Å². The summed E-state index contributed by atoms with van der Waals surface area (Å²) in [6.45, 7) is 6.69. The van der Waals surface area contributed by atoms with Gasteiger partial charge in [-0.15, -0.1) is 5.10 Å². The Hall–Kier alpha value is -5.98. The molecule has 13 heteroatoms. The molecular formula is C37H38FN7O5. The molecule has 1 fully saturated rings. The van der Waals surface area contributed by atoms with Crippen molar-refractivity contribution in [1.82, 2.24) is 24.8 Å². The largest absolute Gasteiger partial charge is 0.495 e. The number of hydrogen-bond donors (Lipinski definition) is 3. The molecule has 1 unspecified atom stereocenters. The third-order valence-corrected chi connectivity index (χ3v) is 8.03. The summed E-state index contributed by atoms with van der Waals surface area (Å²) in [6, 6.07) is 20.4. The fourth-order valence-electron chi connectivity index (χ4n) is 5.60. The Morgan fingerprint density at radius 1 is 0.900 bits per heavy atom. The van der Waals surface area contributed by atoms with Gasteiger partial charge in [0, 0.05) is 36.1 Å². The molecule has 6 rings (SSSR count). The number of amides is 3. The number of fused-ring (bicyclic) bond motifs is 1. The van der Waals surface area contributed by atoms with Crippen molar-refractivity contribution < 1.29 is 28.2 Å². The van der Waals surface area contributed by atoms with Gasteiger partial charge in [-0.1, -0.05) is 24.3 Å². The van der Waals surface area contributed by atoms with Crippen LogP contribution in [0.5, 0.6) is 5.75 Å². The van der Waals surface area contributed by atoms with E-state index in [0.29, 0.717) is 39.8 Å². The highest BCUT2D eigenvalue weighted by atomic mass is 19.1. The Morgan fingerprint density at radius 3 is 2.28 bits per heavy atom. The zero-order valence-electron chi connectivity index (χ0n) is 28.2. The van der Waals surface area contributed by atoms with Crippen LogP contribution in [-0.2, 0) is 9.53 Å². The van der Waals surface area contributed by atoms with E-state index in [9.17, 15) is 18.8 Å². The molecule has 3 amide bonds. The molecule has 12 nitrogen and oxygen atoms in total. The summed E-state index contributed by atoms with van der Waals surface area (Å²) in [5.41, 5.74) is 3.63. The van der Waals surface area contributed by atoms with Crippen LogP contribution in [0, 0.1) is 5.82 Å². The minimum absolute atomic E-state index is 0.00875. The van der Waals surface area contributed by atoms with Crippen molar-refractivity contribution in [2.24, 2.45) is 0 Å². The van der Waals surface area contributed by atoms with Crippen molar-refractivity contribution in [2.75, 3.05) is 30.8 Å². The minimum Gasteiger partial charge on any atom is -0.495 e. The molecule has 3 N–H and O–H groups in total. The number of halogens is 1. The maximum absolute atomic E-state index is 13.6. The Labute approximate surface area is 288 Å². The first-order valence-electron chi connectivity index (χ1n) is 16.2. The van der Waals surface area contributed by atoms with Crippen LogP contribution in [0.15, 0.2) is 85.1 Å². The van der Waals surface area contributed by atoms with Gasteiger partial charge in [0.25, 0.3) is 11.8 Å². The predicted molar refractivity (Wildman–Crippen MR) is 187 cm³/mol. The highest BCUT2D eigenvalue weighted by Crippen LogP contribution is 2.30. The molecule has 258 valence electrons. The summed E-state index contributed by atoms with van der Waals surface area (Å²) in [5, 5.41) is 13.2. The third kappa shape index (κ3) is 8.00. The normalized spacial score (nSPS) is 13.5. The zero-order valence-corrected chi connectivity index (χ0v) is 28.2. The quantitative estimate of drug-likeness (QED) is 0.156. The van der Waals surface area contributed by atoms with Crippen molar-refractivity contribution in [1.29, 1.82) is 0 Å². The molecule has 2 aromatic heterocycles. The highest BCUT2D eigenvalue weighted by molar-refractivity contribution is 5.97. The zero-order chi connectivity index (χ0) is 35.4. The lowest BCUT2D eigenvalue weighted by Gasteiger charge is -2.23. The molecule has 3 aromatic carbocycles. The van der Waals surface area contributed by atoms with Gasteiger partial charge in [-0.3, -0.25) is 9.59 Å². The average Bonchev–Trinajstić information content (AvgIpc) is 3.77. The molecule has 1 aliphatic rings. The lowest BCUT2D eigenvalue weighted by Crippen LogP contribution is -2.40. The summed E-state index contributed by atoms with van der Waals surface area (Å²) in [7, 11) is 1.55. The van der Waals surface area contributed by atoms with Crippen molar-refractivity contribution in [3.8, 4) is 16.9 Å². The molecule has 3 heterocycles. The smallest absolute Gasteiger partial charge is 0.408 e. The fraction of sp³-hybridized carbons (Fsp3) is 0.270. The van der Waals surface area contributed by atoms with Crippen molar-refractivity contribution >= 4 is 40.9 Å². The molecule has 0 aliphatic carbocycles. The van der Waals surface area contributed by atoms with Gasteiger partial charge in [0.1, 0.15) is 23.2 Å². The number of nitrogens with one attached hydrogen (secondary N) is 3. The molecule has 0 spiro atoms. The maximum atomic E-state index is 13.6. The number of aromatic nitrogens is 3. The molecule has 50 heavy (non-hydrogen) atoms. The molecule has 1 aliphatic heterocycles. The van der Waals surface area contributed by atoms with Crippen LogP contribution in [0.25, 0.3) is 16.8 Å². The first kappa shape index (κ1) is 33.9. The first-order valence-corrected chi connectivity index (χ1v) is 16.2. The summed E-state index contributed by atoms with van der Waals surface area (Å²) < 4.78 is 26.2. The second-order valence-corrected chi connectivity index (χ2v) is 12.9. The summed E-state index contributed by atoms with van der Waals surface area (Å²) in [4.78, 5) is 45.2. The monoisotopic (exact) mass is 679 g/mol. The highest BCUT2D eigenvalue weighted by Gasteiger charge is 2.26. The molecule has 0 saturated carbocycles. The first-order chi connectivity index (χ1) is 24.0. The second-order valence-electron chi connectivity index (χ2n) is 12.9. The number of anilines is 3. The van der Waals surface area contributed by atoms with E-state index in [0.717, 1.165) is 37.1 Å². The Bertz CT molecular complexity index is 2020. The molecule has 1 atom stereocenters. The summed E-state index contributed by atoms with van der Waals surface area (Å²) in [5.74, 6) is -0.136. The van der Waals surface area contributed by atoms with Gasteiger partial charge in [0.2, 0.25) is 5.95 Å². The van der Waals surface area contributed by atoms with Gasteiger partial charge in [0.15, 0.2) is 5.65 Å². The second kappa shape index (κ2) is 14.2. The van der Waals surface area contributed by atoms with Gasteiger partial charge in [-0.2, -0.15) is 4.98 Å². The number of carbonyl (C=O) groups is 3. The molecule has 0 radical (unpaired) electrons. The number of alkyl carbamates (subject to hydrolysis) is 1. The fourth-order valence-corrected chi connectivity index (χ4v) is 5.60. The number of pyridine rings is 1. The van der Waals surface area contributed by atoms with E-state index in [1.165, 1.54) is 24.3 Å². The van der Waals surface area contributed by atoms with E-state index in [4.69, 9.17) is 9.47 Å². The van der Waals surface area contributed by atoms with Crippen molar-refractivity contribution in [2.45, 2.75) is 45.3 Å². The Balaban J connectivity index is 1.14. The number of hydrogen-bond acceptors (Lipinski definition) is 8. The number of rotatable bonds is 9. The number of benzene rings is 3. The van der Waals surface area contributed by atoms with Crippen LogP contribution in [0.1, 0.15) is 55.6 Å². The van der Waals surface area contributed by atoms with Crippen LogP contribution < -0.4 is 20.7 Å². The molecule has 0 bridgehead atoms. The van der Waals surface area contributed by atoms with Crippen molar-refractivity contribution in [3.63, 3.8) is 0 Å². The van der Waals surface area contributed by atoms with E-state index in [2.05, 4.69) is 26.0 Å². The number of likely N-dealkylation sites (tertiary alicyclic amines) is 1. The number of nitrogens with zero attached hydrogens (tertiary/aromatic N) is 4. The average molecular weight is 680 g/mol. The van der Waals surface area contributed by atoms with Crippen LogP contribution in [0.4, 0.5) is 26.5 Å². The topological polar surface area (TPSA) is 139 Å². The SMILES string of the molecule is COc1cc(C(=O)N2CCCC2)ccc1Nc1nc2ccc(-c3ccc(NC(=O)C(NC(=O)OC(C)(C)C)c4ccc(F)cc4)cc3)cn2n1. The lowest BCUT2D eigenvalue weighted by atomic mass is 10.1.